The zero-order valence-electron chi connectivity index (χ0n) is 18.0. The molecule has 0 saturated heterocycles. The Morgan fingerprint density at radius 2 is 1.70 bits per heavy atom. The van der Waals surface area contributed by atoms with E-state index in [4.69, 9.17) is 9.47 Å². The van der Waals surface area contributed by atoms with E-state index in [1.807, 2.05) is 31.2 Å². The molecule has 7 nitrogen and oxygen atoms in total. The van der Waals surface area contributed by atoms with Gasteiger partial charge in [-0.3, -0.25) is 4.79 Å². The van der Waals surface area contributed by atoms with E-state index in [-0.39, 0.29) is 17.0 Å². The first-order valence-corrected chi connectivity index (χ1v) is 11.4. The number of benzene rings is 2. The Kier molecular flexibility index (Phi) is 8.83. The van der Waals surface area contributed by atoms with Gasteiger partial charge in [-0.15, -0.1) is 0 Å². The van der Waals surface area contributed by atoms with Crippen LogP contribution in [-0.4, -0.2) is 45.4 Å². The van der Waals surface area contributed by atoms with E-state index in [0.717, 1.165) is 11.1 Å². The Hall–Kier alpha value is -2.42. The highest BCUT2D eigenvalue weighted by Crippen LogP contribution is 2.25. The van der Waals surface area contributed by atoms with Gasteiger partial charge in [-0.25, -0.2) is 8.42 Å². The molecule has 0 bridgehead atoms. The average molecular weight is 435 g/mol. The molecular formula is C22H30N2O5S. The normalized spacial score (nSPS) is 11.5. The summed E-state index contributed by atoms with van der Waals surface area (Å²) in [4.78, 5) is 12.9. The largest absolute Gasteiger partial charge is 0.496 e. The van der Waals surface area contributed by atoms with Gasteiger partial charge < -0.3 is 14.8 Å². The zero-order chi connectivity index (χ0) is 22.1. The van der Waals surface area contributed by atoms with E-state index in [1.54, 1.807) is 13.8 Å². The summed E-state index contributed by atoms with van der Waals surface area (Å²) < 4.78 is 37.8. The highest BCUT2D eigenvalue weighted by atomic mass is 32.2. The fraction of sp³-hybridized carbons (Fsp3) is 0.409. The minimum atomic E-state index is -3.69. The number of amides is 1. The molecule has 0 unspecified atom stereocenters. The maximum absolute atomic E-state index is 12.9. The first-order chi connectivity index (χ1) is 14.4. The first kappa shape index (κ1) is 23.9. The molecule has 2 aromatic carbocycles. The smallest absolute Gasteiger partial charge is 0.255 e. The second kappa shape index (κ2) is 11.1. The summed E-state index contributed by atoms with van der Waals surface area (Å²) in [6.07, 6.45) is 0. The zero-order valence-corrected chi connectivity index (χ0v) is 18.8. The summed E-state index contributed by atoms with van der Waals surface area (Å²) in [6.45, 7) is 7.53. The predicted octanol–water partition coefficient (Wildman–Crippen LogP) is 3.19. The fourth-order valence-corrected chi connectivity index (χ4v) is 4.58. The number of hydrogen-bond acceptors (Lipinski definition) is 5. The molecule has 30 heavy (non-hydrogen) atoms. The van der Waals surface area contributed by atoms with Crippen LogP contribution in [0.25, 0.3) is 0 Å². The van der Waals surface area contributed by atoms with Gasteiger partial charge in [0.1, 0.15) is 5.75 Å². The average Bonchev–Trinajstić information content (AvgIpc) is 2.76. The van der Waals surface area contributed by atoms with Crippen LogP contribution < -0.4 is 10.1 Å². The van der Waals surface area contributed by atoms with Crippen molar-refractivity contribution < 1.29 is 22.7 Å². The van der Waals surface area contributed by atoms with Crippen LogP contribution in [-0.2, 0) is 27.9 Å². The Labute approximate surface area is 179 Å². The lowest BCUT2D eigenvalue weighted by atomic mass is 10.1. The topological polar surface area (TPSA) is 84.9 Å². The van der Waals surface area contributed by atoms with Crippen LogP contribution in [0, 0.1) is 0 Å². The number of rotatable bonds is 11. The van der Waals surface area contributed by atoms with Crippen molar-refractivity contribution in [3.63, 3.8) is 0 Å². The van der Waals surface area contributed by atoms with Gasteiger partial charge in [0, 0.05) is 26.2 Å². The number of carbonyl (C=O) groups is 1. The summed E-state index contributed by atoms with van der Waals surface area (Å²) in [6, 6.07) is 12.0. The highest BCUT2D eigenvalue weighted by molar-refractivity contribution is 7.89. The number of carbonyl (C=O) groups excluding carboxylic acids is 1. The third-order valence-electron chi connectivity index (χ3n) is 4.78. The quantitative estimate of drug-likeness (QED) is 0.587. The van der Waals surface area contributed by atoms with Gasteiger partial charge in [-0.1, -0.05) is 38.1 Å². The van der Waals surface area contributed by atoms with E-state index in [0.29, 0.717) is 32.1 Å². The summed E-state index contributed by atoms with van der Waals surface area (Å²) in [5, 5.41) is 2.86. The van der Waals surface area contributed by atoms with Crippen molar-refractivity contribution in [3.05, 3.63) is 59.2 Å². The molecule has 0 atom stereocenters. The van der Waals surface area contributed by atoms with E-state index in [9.17, 15) is 13.2 Å². The minimum Gasteiger partial charge on any atom is -0.496 e. The second-order valence-electron chi connectivity index (χ2n) is 6.54. The molecule has 1 N–H and O–H groups in total. The molecule has 1 amide bonds. The maximum Gasteiger partial charge on any atom is 0.255 e. The van der Waals surface area contributed by atoms with Crippen molar-refractivity contribution in [1.82, 2.24) is 9.62 Å². The summed E-state index contributed by atoms with van der Waals surface area (Å²) in [7, 11) is -2.24. The van der Waals surface area contributed by atoms with Crippen molar-refractivity contribution in [1.29, 1.82) is 0 Å². The van der Waals surface area contributed by atoms with Crippen LogP contribution in [0.15, 0.2) is 47.4 Å². The molecule has 2 rings (SSSR count). The van der Waals surface area contributed by atoms with Gasteiger partial charge in [-0.05, 0) is 36.2 Å². The van der Waals surface area contributed by atoms with E-state index < -0.39 is 15.9 Å². The molecule has 164 valence electrons. The van der Waals surface area contributed by atoms with Crippen LogP contribution >= 0.6 is 0 Å². The summed E-state index contributed by atoms with van der Waals surface area (Å²) in [5.41, 5.74) is 2.10. The van der Waals surface area contributed by atoms with Crippen molar-refractivity contribution in [2.24, 2.45) is 0 Å². The number of hydrogen-bond donors (Lipinski definition) is 1. The van der Waals surface area contributed by atoms with E-state index >= 15 is 0 Å². The van der Waals surface area contributed by atoms with Crippen LogP contribution in [0.5, 0.6) is 5.75 Å². The monoisotopic (exact) mass is 434 g/mol. The third-order valence-corrected chi connectivity index (χ3v) is 6.82. The predicted molar refractivity (Wildman–Crippen MR) is 116 cm³/mol. The van der Waals surface area contributed by atoms with Crippen molar-refractivity contribution in [3.8, 4) is 5.75 Å². The molecule has 0 spiro atoms. The SMILES string of the molecule is CCOCc1ccccc1CNC(=O)c1cc(S(=O)(=O)N(CC)CC)ccc1OC. The fourth-order valence-electron chi connectivity index (χ4n) is 3.09. The van der Waals surface area contributed by atoms with Crippen molar-refractivity contribution in [2.45, 2.75) is 38.8 Å². The molecule has 0 radical (unpaired) electrons. The van der Waals surface area contributed by atoms with Crippen LogP contribution in [0.1, 0.15) is 42.3 Å². The van der Waals surface area contributed by atoms with Gasteiger partial charge in [-0.2, -0.15) is 4.31 Å². The molecule has 0 aliphatic rings. The van der Waals surface area contributed by atoms with Gasteiger partial charge in [0.25, 0.3) is 5.91 Å². The molecule has 0 saturated carbocycles. The van der Waals surface area contributed by atoms with Crippen LogP contribution in [0.4, 0.5) is 0 Å². The maximum atomic E-state index is 12.9. The summed E-state index contributed by atoms with van der Waals surface area (Å²) in [5.74, 6) is -0.0942. The highest BCUT2D eigenvalue weighted by Gasteiger charge is 2.24. The molecule has 0 aliphatic heterocycles. The molecule has 2 aromatic rings. The van der Waals surface area contributed by atoms with Gasteiger partial charge in [0.2, 0.25) is 10.0 Å². The number of nitrogens with zero attached hydrogens (tertiary/aromatic N) is 1. The second-order valence-corrected chi connectivity index (χ2v) is 8.48. The Balaban J connectivity index is 2.27. The third kappa shape index (κ3) is 5.59. The molecule has 0 heterocycles. The lowest BCUT2D eigenvalue weighted by Gasteiger charge is -2.19. The molecular weight excluding hydrogens is 404 g/mol. The number of methoxy groups -OCH3 is 1. The Morgan fingerprint density at radius 1 is 1.03 bits per heavy atom. The standard InChI is InChI=1S/C22H30N2O5S/c1-5-24(6-2)30(26,27)19-12-13-21(28-4)20(14-19)22(25)23-15-17-10-8-9-11-18(17)16-29-7-3/h8-14H,5-7,15-16H2,1-4H3,(H,23,25). The molecule has 0 aliphatic carbocycles. The minimum absolute atomic E-state index is 0.0638. The van der Waals surface area contributed by atoms with Crippen LogP contribution in [0.3, 0.4) is 0 Å². The lowest BCUT2D eigenvalue weighted by Crippen LogP contribution is -2.31. The molecule has 0 fully saturated rings. The number of ether oxygens (including phenoxy) is 2. The summed E-state index contributed by atoms with van der Waals surface area (Å²) >= 11 is 0. The Bertz CT molecular complexity index is 956. The molecule has 0 aromatic heterocycles. The van der Waals surface area contributed by atoms with E-state index in [1.165, 1.54) is 29.6 Å². The van der Waals surface area contributed by atoms with Gasteiger partial charge in [0.05, 0.1) is 24.2 Å². The number of sulfonamides is 1. The first-order valence-electron chi connectivity index (χ1n) is 9.99. The molecule has 8 heteroatoms. The van der Waals surface area contributed by atoms with Crippen molar-refractivity contribution in [2.75, 3.05) is 26.8 Å². The van der Waals surface area contributed by atoms with Gasteiger partial charge in [0.15, 0.2) is 0 Å². The Morgan fingerprint density at radius 3 is 2.30 bits per heavy atom. The number of nitrogens with one attached hydrogen (secondary N) is 1. The lowest BCUT2D eigenvalue weighted by molar-refractivity contribution is 0.0946. The van der Waals surface area contributed by atoms with Gasteiger partial charge >= 0.3 is 0 Å². The van der Waals surface area contributed by atoms with E-state index in [2.05, 4.69) is 5.32 Å². The van der Waals surface area contributed by atoms with Crippen molar-refractivity contribution >= 4 is 15.9 Å². The van der Waals surface area contributed by atoms with Crippen LogP contribution in [0.2, 0.25) is 0 Å².